The van der Waals surface area contributed by atoms with Gasteiger partial charge >= 0.3 is 0 Å². The number of hydrogen-bond donors (Lipinski definition) is 0. The van der Waals surface area contributed by atoms with Crippen LogP contribution in [0.3, 0.4) is 0 Å². The molecule has 26 heavy (non-hydrogen) atoms. The zero-order chi connectivity index (χ0) is 17.9. The van der Waals surface area contributed by atoms with Crippen molar-refractivity contribution >= 4 is 23.0 Å². The Bertz CT molecular complexity index is 1070. The van der Waals surface area contributed by atoms with E-state index in [1.54, 1.807) is 18.5 Å². The molecular weight excluding hydrogens is 346 g/mol. The van der Waals surface area contributed by atoms with Crippen molar-refractivity contribution in [3.63, 3.8) is 0 Å². The number of nitrogens with zero attached hydrogens (tertiary/aromatic N) is 3. The smallest absolute Gasteiger partial charge is 0.170 e. The van der Waals surface area contributed by atoms with Crippen molar-refractivity contribution in [3.05, 3.63) is 101 Å². The number of ketones is 1. The van der Waals surface area contributed by atoms with Crippen LogP contribution in [0.5, 0.6) is 0 Å². The zero-order valence-corrected chi connectivity index (χ0v) is 14.7. The second kappa shape index (κ2) is 7.10. The molecule has 0 amide bonds. The third kappa shape index (κ3) is 3.65. The van der Waals surface area contributed by atoms with Crippen molar-refractivity contribution in [1.29, 1.82) is 0 Å². The van der Waals surface area contributed by atoms with Gasteiger partial charge in [0.2, 0.25) is 0 Å². The Labute approximate surface area is 156 Å². The third-order valence-corrected chi connectivity index (χ3v) is 4.47. The summed E-state index contributed by atoms with van der Waals surface area (Å²) in [6, 6.07) is 15.4. The summed E-state index contributed by atoms with van der Waals surface area (Å²) in [6.07, 6.45) is 8.20. The molecule has 0 N–H and O–H groups in total. The van der Waals surface area contributed by atoms with Crippen LogP contribution in [0, 0.1) is 0 Å². The second-order valence-electron chi connectivity index (χ2n) is 6.17. The fourth-order valence-corrected chi connectivity index (χ4v) is 3.11. The summed E-state index contributed by atoms with van der Waals surface area (Å²) in [5.74, 6) is 0.0377. The molecule has 0 aliphatic heterocycles. The Kier molecular flexibility index (Phi) is 4.50. The van der Waals surface area contributed by atoms with E-state index < -0.39 is 0 Å². The Morgan fingerprint density at radius 3 is 2.77 bits per heavy atom. The molecule has 0 saturated heterocycles. The molecule has 5 heteroatoms. The van der Waals surface area contributed by atoms with Crippen molar-refractivity contribution in [2.45, 2.75) is 12.8 Å². The number of aromatic nitrogens is 3. The maximum atomic E-state index is 12.5. The van der Waals surface area contributed by atoms with E-state index in [1.807, 2.05) is 59.3 Å². The van der Waals surface area contributed by atoms with Crippen molar-refractivity contribution in [3.8, 4) is 0 Å². The topological polar surface area (TPSA) is 47.3 Å². The number of carbonyl (C=O) groups is 1. The summed E-state index contributed by atoms with van der Waals surface area (Å²) in [4.78, 5) is 21.1. The number of rotatable bonds is 5. The third-order valence-electron chi connectivity index (χ3n) is 4.24. The number of halogens is 1. The Morgan fingerprint density at radius 2 is 1.96 bits per heavy atom. The van der Waals surface area contributed by atoms with E-state index in [1.165, 1.54) is 0 Å². The minimum Gasteiger partial charge on any atom is -0.306 e. The molecule has 4 nitrogen and oxygen atoms in total. The number of imidazole rings is 1. The summed E-state index contributed by atoms with van der Waals surface area (Å²) in [6.45, 7) is 0. The van der Waals surface area contributed by atoms with E-state index in [4.69, 9.17) is 11.6 Å². The van der Waals surface area contributed by atoms with Gasteiger partial charge in [-0.25, -0.2) is 4.98 Å². The quantitative estimate of drug-likeness (QED) is 0.495. The molecule has 1 aromatic carbocycles. The number of fused-ring (bicyclic) bond motifs is 1. The summed E-state index contributed by atoms with van der Waals surface area (Å²) in [5.41, 5.74) is 4.46. The molecular formula is C21H16ClN3O. The van der Waals surface area contributed by atoms with Gasteiger partial charge in [0.25, 0.3) is 0 Å². The van der Waals surface area contributed by atoms with Crippen LogP contribution in [0.4, 0.5) is 0 Å². The lowest BCUT2D eigenvalue weighted by molar-refractivity contribution is 0.0991. The van der Waals surface area contributed by atoms with Crippen LogP contribution in [-0.2, 0) is 12.8 Å². The Balaban J connectivity index is 1.45. The SMILES string of the molecule is O=C(Cc1ccc(Cc2cccc(Cl)c2)cn1)c1ccc2nccn2c1. The zero-order valence-electron chi connectivity index (χ0n) is 14.0. The average molecular weight is 362 g/mol. The summed E-state index contributed by atoms with van der Waals surface area (Å²) >= 11 is 6.02. The number of pyridine rings is 2. The molecule has 4 rings (SSSR count). The van der Waals surface area contributed by atoms with Gasteiger partial charge < -0.3 is 4.40 Å². The normalized spacial score (nSPS) is 11.0. The maximum absolute atomic E-state index is 12.5. The maximum Gasteiger partial charge on any atom is 0.170 e. The first-order chi connectivity index (χ1) is 12.7. The highest BCUT2D eigenvalue weighted by Gasteiger charge is 2.09. The molecule has 4 aromatic rings. The molecule has 0 spiro atoms. The molecule has 0 radical (unpaired) electrons. The minimum absolute atomic E-state index is 0.0377. The highest BCUT2D eigenvalue weighted by atomic mass is 35.5. The van der Waals surface area contributed by atoms with Crippen LogP contribution in [0.2, 0.25) is 5.02 Å². The lowest BCUT2D eigenvalue weighted by Crippen LogP contribution is -2.06. The number of hydrogen-bond acceptors (Lipinski definition) is 3. The first-order valence-corrected chi connectivity index (χ1v) is 8.69. The Morgan fingerprint density at radius 1 is 1.04 bits per heavy atom. The van der Waals surface area contributed by atoms with E-state index >= 15 is 0 Å². The van der Waals surface area contributed by atoms with Crippen molar-refractivity contribution in [1.82, 2.24) is 14.4 Å². The van der Waals surface area contributed by atoms with Crippen molar-refractivity contribution in [2.24, 2.45) is 0 Å². The van der Waals surface area contributed by atoms with Gasteiger partial charge in [-0.1, -0.05) is 29.8 Å². The van der Waals surface area contributed by atoms with Crippen LogP contribution in [0.1, 0.15) is 27.2 Å². The first-order valence-electron chi connectivity index (χ1n) is 8.31. The second-order valence-corrected chi connectivity index (χ2v) is 6.61. The minimum atomic E-state index is 0.0377. The number of carbonyl (C=O) groups excluding carboxylic acids is 1. The molecule has 128 valence electrons. The van der Waals surface area contributed by atoms with Crippen LogP contribution in [-0.4, -0.2) is 20.2 Å². The van der Waals surface area contributed by atoms with Gasteiger partial charge in [0.05, 0.1) is 6.42 Å². The first kappa shape index (κ1) is 16.5. The van der Waals surface area contributed by atoms with Gasteiger partial charge in [-0.3, -0.25) is 9.78 Å². The molecule has 0 bridgehead atoms. The molecule has 0 fully saturated rings. The summed E-state index contributed by atoms with van der Waals surface area (Å²) in [7, 11) is 0. The molecule has 0 aliphatic carbocycles. The van der Waals surface area contributed by atoms with E-state index in [2.05, 4.69) is 9.97 Å². The summed E-state index contributed by atoms with van der Waals surface area (Å²) in [5, 5.41) is 0.729. The fourth-order valence-electron chi connectivity index (χ4n) is 2.90. The van der Waals surface area contributed by atoms with E-state index in [0.717, 1.165) is 33.9 Å². The molecule has 3 heterocycles. The van der Waals surface area contributed by atoms with Gasteiger partial charge in [0.15, 0.2) is 5.78 Å². The predicted molar refractivity (Wildman–Crippen MR) is 102 cm³/mol. The highest BCUT2D eigenvalue weighted by molar-refractivity contribution is 6.30. The lowest BCUT2D eigenvalue weighted by Gasteiger charge is -2.05. The van der Waals surface area contributed by atoms with Crippen LogP contribution in [0.25, 0.3) is 5.65 Å². The van der Waals surface area contributed by atoms with Gasteiger partial charge in [-0.15, -0.1) is 0 Å². The van der Waals surface area contributed by atoms with Gasteiger partial charge in [-0.05, 0) is 47.9 Å². The van der Waals surface area contributed by atoms with Crippen LogP contribution < -0.4 is 0 Å². The Hall–Kier alpha value is -2.98. The fraction of sp³-hybridized carbons (Fsp3) is 0.0952. The highest BCUT2D eigenvalue weighted by Crippen LogP contribution is 2.15. The van der Waals surface area contributed by atoms with Gasteiger partial charge in [0.1, 0.15) is 5.65 Å². The van der Waals surface area contributed by atoms with E-state index in [-0.39, 0.29) is 12.2 Å². The van der Waals surface area contributed by atoms with Crippen LogP contribution in [0.15, 0.2) is 73.3 Å². The number of Topliss-reactive ketones (excluding diaryl/α,β-unsaturated/α-hetero) is 1. The monoisotopic (exact) mass is 361 g/mol. The molecule has 3 aromatic heterocycles. The number of benzene rings is 1. The van der Waals surface area contributed by atoms with E-state index in [0.29, 0.717) is 5.56 Å². The van der Waals surface area contributed by atoms with Gasteiger partial charge in [-0.2, -0.15) is 0 Å². The van der Waals surface area contributed by atoms with E-state index in [9.17, 15) is 4.79 Å². The largest absolute Gasteiger partial charge is 0.306 e. The predicted octanol–water partition coefficient (Wildman–Crippen LogP) is 4.40. The average Bonchev–Trinajstić information content (AvgIpc) is 3.11. The lowest BCUT2D eigenvalue weighted by atomic mass is 10.0. The molecule has 0 aliphatic rings. The van der Waals surface area contributed by atoms with Crippen molar-refractivity contribution < 1.29 is 4.79 Å². The molecule has 0 atom stereocenters. The molecule has 0 saturated carbocycles. The standard InChI is InChI=1S/C21H16ClN3O/c22-18-3-1-2-15(11-18)10-16-4-6-19(24-13-16)12-20(26)17-5-7-21-23-8-9-25(21)14-17/h1-9,11,13-14H,10,12H2. The van der Waals surface area contributed by atoms with Crippen molar-refractivity contribution in [2.75, 3.05) is 0 Å². The van der Waals surface area contributed by atoms with Gasteiger partial charge in [0, 0.05) is 41.1 Å². The van der Waals surface area contributed by atoms with Crippen LogP contribution >= 0.6 is 11.6 Å². The molecule has 0 unspecified atom stereocenters. The summed E-state index contributed by atoms with van der Waals surface area (Å²) < 4.78 is 1.84.